The zero-order valence-electron chi connectivity index (χ0n) is 18.2. The number of anilines is 2. The first kappa shape index (κ1) is 24.7. The summed E-state index contributed by atoms with van der Waals surface area (Å²) in [4.78, 5) is 37.7. The Morgan fingerprint density at radius 1 is 1.09 bits per heavy atom. The van der Waals surface area contributed by atoms with Gasteiger partial charge in [0, 0.05) is 44.4 Å². The van der Waals surface area contributed by atoms with Crippen molar-refractivity contribution >= 4 is 28.9 Å². The average molecular weight is 476 g/mol. The van der Waals surface area contributed by atoms with Crippen molar-refractivity contribution in [1.29, 1.82) is 0 Å². The summed E-state index contributed by atoms with van der Waals surface area (Å²) >= 11 is 0. The minimum Gasteiger partial charge on any atom is -0.362 e. The number of carbonyl (C=O) groups is 2. The fraction of sp³-hybridized carbons (Fsp3) is 0.304. The summed E-state index contributed by atoms with van der Waals surface area (Å²) in [5.74, 6) is -0.394. The molecule has 34 heavy (non-hydrogen) atoms. The van der Waals surface area contributed by atoms with Gasteiger partial charge in [-0.1, -0.05) is 18.7 Å². The molecule has 180 valence electrons. The van der Waals surface area contributed by atoms with E-state index in [1.54, 1.807) is 21.9 Å². The second kappa shape index (κ2) is 10.4. The number of nitrogens with zero attached hydrogens (tertiary/aromatic N) is 3. The molecular weight excluding hydrogens is 453 g/mol. The van der Waals surface area contributed by atoms with Crippen LogP contribution in [0.3, 0.4) is 0 Å². The third-order valence-corrected chi connectivity index (χ3v) is 5.51. The monoisotopic (exact) mass is 476 g/mol. The molecule has 2 aromatic carbocycles. The van der Waals surface area contributed by atoms with Crippen molar-refractivity contribution in [3.63, 3.8) is 0 Å². The molecular formula is C23H23F3N4O4. The van der Waals surface area contributed by atoms with Crippen LogP contribution < -0.4 is 10.2 Å². The van der Waals surface area contributed by atoms with Crippen LogP contribution in [0.4, 0.5) is 30.2 Å². The van der Waals surface area contributed by atoms with Crippen molar-refractivity contribution in [3.05, 3.63) is 76.4 Å². The van der Waals surface area contributed by atoms with Crippen molar-refractivity contribution in [2.75, 3.05) is 36.4 Å². The number of piperazine rings is 1. The van der Waals surface area contributed by atoms with Gasteiger partial charge in [0.2, 0.25) is 11.8 Å². The van der Waals surface area contributed by atoms with Crippen molar-refractivity contribution < 1.29 is 27.7 Å². The van der Waals surface area contributed by atoms with Gasteiger partial charge >= 0.3 is 6.18 Å². The van der Waals surface area contributed by atoms with Gasteiger partial charge < -0.3 is 15.1 Å². The number of nitrogens with one attached hydrogen (secondary N) is 1. The van der Waals surface area contributed by atoms with Crippen LogP contribution in [0.25, 0.3) is 0 Å². The summed E-state index contributed by atoms with van der Waals surface area (Å²) in [6.45, 7) is 4.55. The topological polar surface area (TPSA) is 95.8 Å². The van der Waals surface area contributed by atoms with Crippen LogP contribution in [0, 0.1) is 10.1 Å². The third-order valence-electron chi connectivity index (χ3n) is 5.51. The number of hydrogen-bond donors (Lipinski definition) is 1. The number of nitro benzene ring substituents is 1. The van der Waals surface area contributed by atoms with Crippen LogP contribution in [0.1, 0.15) is 17.5 Å². The number of carbonyl (C=O) groups excluding carboxylic acids is 2. The standard InChI is InChI=1S/C23H23F3N4O4/c1-2-21(31)27-18-7-3-16(4-8-18)5-10-22(32)29-13-11-28(12-14-29)19-9-6-17(23(24,25)26)15-20(19)30(33)34/h2-4,6-9,15H,1,5,10-14H2,(H,27,31). The first-order chi connectivity index (χ1) is 16.1. The second-order valence-electron chi connectivity index (χ2n) is 7.72. The molecule has 8 nitrogen and oxygen atoms in total. The van der Waals surface area contributed by atoms with Gasteiger partial charge in [0.05, 0.1) is 10.5 Å². The molecule has 2 amide bonds. The first-order valence-corrected chi connectivity index (χ1v) is 10.5. The maximum absolute atomic E-state index is 12.9. The summed E-state index contributed by atoms with van der Waals surface area (Å²) < 4.78 is 38.8. The van der Waals surface area contributed by atoms with E-state index in [0.29, 0.717) is 31.3 Å². The van der Waals surface area contributed by atoms with E-state index >= 15 is 0 Å². The maximum Gasteiger partial charge on any atom is 0.416 e. The van der Waals surface area contributed by atoms with Gasteiger partial charge in [0.1, 0.15) is 5.69 Å². The molecule has 2 aromatic rings. The van der Waals surface area contributed by atoms with Gasteiger partial charge in [-0.25, -0.2) is 0 Å². The quantitative estimate of drug-likeness (QED) is 0.370. The highest BCUT2D eigenvalue weighted by Gasteiger charge is 2.34. The highest BCUT2D eigenvalue weighted by molar-refractivity contribution is 5.98. The van der Waals surface area contributed by atoms with Gasteiger partial charge in [0.25, 0.3) is 5.69 Å². The van der Waals surface area contributed by atoms with E-state index in [1.807, 2.05) is 12.1 Å². The Kier molecular flexibility index (Phi) is 7.54. The minimum atomic E-state index is -4.67. The molecule has 1 heterocycles. The second-order valence-corrected chi connectivity index (χ2v) is 7.72. The van der Waals surface area contributed by atoms with Crippen molar-refractivity contribution in [1.82, 2.24) is 4.90 Å². The lowest BCUT2D eigenvalue weighted by molar-refractivity contribution is -0.384. The van der Waals surface area contributed by atoms with Gasteiger partial charge in [-0.2, -0.15) is 13.2 Å². The Balaban J connectivity index is 1.55. The van der Waals surface area contributed by atoms with E-state index in [0.717, 1.165) is 17.7 Å². The lowest BCUT2D eigenvalue weighted by Gasteiger charge is -2.36. The summed E-state index contributed by atoms with van der Waals surface area (Å²) in [5.41, 5.74) is -0.0404. The van der Waals surface area contributed by atoms with Crippen molar-refractivity contribution in [3.8, 4) is 0 Å². The fourth-order valence-electron chi connectivity index (χ4n) is 3.67. The predicted octanol–water partition coefficient (Wildman–Crippen LogP) is 4.02. The van der Waals surface area contributed by atoms with Gasteiger partial charge in [-0.15, -0.1) is 0 Å². The van der Waals surface area contributed by atoms with Crippen molar-refractivity contribution in [2.45, 2.75) is 19.0 Å². The normalized spacial score (nSPS) is 14.0. The zero-order chi connectivity index (χ0) is 24.9. The van der Waals surface area contributed by atoms with Crippen LogP contribution in [-0.2, 0) is 22.2 Å². The molecule has 0 atom stereocenters. The molecule has 0 spiro atoms. The molecule has 1 fully saturated rings. The highest BCUT2D eigenvalue weighted by atomic mass is 19.4. The van der Waals surface area contributed by atoms with E-state index in [1.165, 1.54) is 6.08 Å². The predicted molar refractivity (Wildman–Crippen MR) is 120 cm³/mol. The van der Waals surface area contributed by atoms with E-state index in [2.05, 4.69) is 11.9 Å². The lowest BCUT2D eigenvalue weighted by Crippen LogP contribution is -2.49. The Labute approximate surface area is 193 Å². The summed E-state index contributed by atoms with van der Waals surface area (Å²) in [7, 11) is 0. The number of amides is 2. The molecule has 1 aliphatic heterocycles. The largest absolute Gasteiger partial charge is 0.416 e. The van der Waals surface area contributed by atoms with Crippen molar-refractivity contribution in [2.24, 2.45) is 0 Å². The Morgan fingerprint density at radius 3 is 2.29 bits per heavy atom. The molecule has 0 unspecified atom stereocenters. The molecule has 0 bridgehead atoms. The molecule has 0 aliphatic carbocycles. The molecule has 1 saturated heterocycles. The molecule has 1 aliphatic rings. The number of benzene rings is 2. The van der Waals surface area contributed by atoms with E-state index < -0.39 is 22.4 Å². The average Bonchev–Trinajstić information content (AvgIpc) is 2.82. The summed E-state index contributed by atoms with van der Waals surface area (Å²) in [6.07, 6.45) is -2.74. The smallest absolute Gasteiger partial charge is 0.362 e. The Hall–Kier alpha value is -3.89. The Morgan fingerprint density at radius 2 is 1.74 bits per heavy atom. The van der Waals surface area contributed by atoms with Gasteiger partial charge in [-0.3, -0.25) is 19.7 Å². The van der Waals surface area contributed by atoms with Crippen LogP contribution in [0.5, 0.6) is 0 Å². The number of halogens is 3. The van der Waals surface area contributed by atoms with E-state index in [4.69, 9.17) is 0 Å². The first-order valence-electron chi connectivity index (χ1n) is 10.5. The molecule has 3 rings (SSSR count). The number of aryl methyl sites for hydroxylation is 1. The van der Waals surface area contributed by atoms with Gasteiger partial charge in [0.15, 0.2) is 0 Å². The van der Waals surface area contributed by atoms with Crippen LogP contribution in [-0.4, -0.2) is 47.8 Å². The molecule has 0 aromatic heterocycles. The van der Waals surface area contributed by atoms with E-state index in [-0.39, 0.29) is 37.0 Å². The maximum atomic E-state index is 12.9. The molecule has 0 saturated carbocycles. The fourth-order valence-corrected chi connectivity index (χ4v) is 3.67. The summed E-state index contributed by atoms with van der Waals surface area (Å²) in [5, 5.41) is 14.0. The molecule has 11 heteroatoms. The SMILES string of the molecule is C=CC(=O)Nc1ccc(CCC(=O)N2CCN(c3ccc(C(F)(F)F)cc3[N+](=O)[O-])CC2)cc1. The lowest BCUT2D eigenvalue weighted by atomic mass is 10.1. The van der Waals surface area contributed by atoms with Crippen LogP contribution in [0.2, 0.25) is 0 Å². The number of hydrogen-bond acceptors (Lipinski definition) is 5. The number of alkyl halides is 3. The number of rotatable bonds is 7. The van der Waals surface area contributed by atoms with Crippen LogP contribution >= 0.6 is 0 Å². The zero-order valence-corrected chi connectivity index (χ0v) is 18.2. The Bertz CT molecular complexity index is 1080. The molecule has 0 radical (unpaired) electrons. The summed E-state index contributed by atoms with van der Waals surface area (Å²) in [6, 6.07) is 9.57. The number of nitro groups is 1. The molecule has 1 N–H and O–H groups in total. The highest BCUT2D eigenvalue weighted by Crippen LogP contribution is 2.36. The van der Waals surface area contributed by atoms with E-state index in [9.17, 15) is 32.9 Å². The minimum absolute atomic E-state index is 0.0781. The van der Waals surface area contributed by atoms with Gasteiger partial charge in [-0.05, 0) is 42.3 Å². The third kappa shape index (κ3) is 6.12. The van der Waals surface area contributed by atoms with Crippen LogP contribution in [0.15, 0.2) is 55.1 Å².